The number of hydroxylamine groups is 1. The van der Waals surface area contributed by atoms with Gasteiger partial charge in [-0.3, -0.25) is 4.79 Å². The molecule has 0 atom stereocenters. The first-order valence-corrected chi connectivity index (χ1v) is 9.90. The van der Waals surface area contributed by atoms with Crippen LogP contribution in [0.5, 0.6) is 5.75 Å². The molecule has 4 bridgehead atoms. The van der Waals surface area contributed by atoms with E-state index in [9.17, 15) is 9.59 Å². The van der Waals surface area contributed by atoms with Gasteiger partial charge in [0, 0.05) is 13.0 Å². The van der Waals surface area contributed by atoms with Crippen LogP contribution in [-0.2, 0) is 16.2 Å². The van der Waals surface area contributed by atoms with Crippen LogP contribution in [0.2, 0.25) is 0 Å². The fraction of sp³-hybridized carbons (Fsp3) is 0.619. The maximum atomic E-state index is 12.3. The van der Waals surface area contributed by atoms with Crippen molar-refractivity contribution in [2.24, 2.45) is 23.2 Å². The first-order valence-electron chi connectivity index (χ1n) is 9.90. The smallest absolute Gasteiger partial charge is 0.431 e. The molecule has 6 heteroatoms. The van der Waals surface area contributed by atoms with Crippen molar-refractivity contribution in [3.8, 4) is 5.75 Å². The molecular weight excluding hydrogens is 344 g/mol. The summed E-state index contributed by atoms with van der Waals surface area (Å²) in [7, 11) is 1.61. The maximum absolute atomic E-state index is 12.3. The van der Waals surface area contributed by atoms with Crippen LogP contribution in [0.25, 0.3) is 0 Å². The highest BCUT2D eigenvalue weighted by Crippen LogP contribution is 2.61. The summed E-state index contributed by atoms with van der Waals surface area (Å²) in [5.74, 6) is 2.99. The van der Waals surface area contributed by atoms with E-state index >= 15 is 0 Å². The van der Waals surface area contributed by atoms with E-state index in [4.69, 9.17) is 9.57 Å². The quantitative estimate of drug-likeness (QED) is 0.775. The van der Waals surface area contributed by atoms with E-state index in [1.807, 2.05) is 24.3 Å². The minimum absolute atomic E-state index is 0.141. The summed E-state index contributed by atoms with van der Waals surface area (Å²) in [6.45, 7) is 0.327. The predicted octanol–water partition coefficient (Wildman–Crippen LogP) is 3.56. The van der Waals surface area contributed by atoms with Gasteiger partial charge in [-0.25, -0.2) is 4.79 Å². The van der Waals surface area contributed by atoms with Crippen molar-refractivity contribution in [1.29, 1.82) is 0 Å². The Balaban J connectivity index is 1.20. The lowest BCUT2D eigenvalue weighted by molar-refractivity contribution is -0.137. The molecule has 0 saturated heterocycles. The minimum Gasteiger partial charge on any atom is -0.497 e. The van der Waals surface area contributed by atoms with Gasteiger partial charge in [-0.1, -0.05) is 12.1 Å². The molecule has 0 aromatic heterocycles. The Morgan fingerprint density at radius 2 is 1.63 bits per heavy atom. The van der Waals surface area contributed by atoms with Gasteiger partial charge in [-0.2, -0.15) is 5.48 Å². The summed E-state index contributed by atoms with van der Waals surface area (Å²) in [5.41, 5.74) is 3.41. The Labute approximate surface area is 159 Å². The molecule has 4 aliphatic rings. The Bertz CT molecular complexity index is 665. The predicted molar refractivity (Wildman–Crippen MR) is 99.7 cm³/mol. The molecule has 0 radical (unpaired) electrons. The lowest BCUT2D eigenvalue weighted by Crippen LogP contribution is -2.48. The molecule has 5 rings (SSSR count). The highest BCUT2D eigenvalue weighted by molar-refractivity contribution is 5.78. The van der Waals surface area contributed by atoms with E-state index in [0.29, 0.717) is 13.0 Å². The van der Waals surface area contributed by atoms with Crippen molar-refractivity contribution in [2.75, 3.05) is 7.11 Å². The fourth-order valence-corrected chi connectivity index (χ4v) is 5.94. The molecule has 0 unspecified atom stereocenters. The number of methoxy groups -OCH3 is 1. The maximum Gasteiger partial charge on any atom is 0.431 e. The molecule has 2 amide bonds. The highest BCUT2D eigenvalue weighted by Gasteiger charge is 2.51. The Hall–Kier alpha value is -2.24. The van der Waals surface area contributed by atoms with Gasteiger partial charge >= 0.3 is 6.09 Å². The Morgan fingerprint density at radius 3 is 2.19 bits per heavy atom. The van der Waals surface area contributed by atoms with Crippen molar-refractivity contribution in [3.05, 3.63) is 29.8 Å². The number of rotatable bonds is 5. The first kappa shape index (κ1) is 18.1. The number of nitrogens with one attached hydrogen (secondary N) is 2. The lowest BCUT2D eigenvalue weighted by Gasteiger charge is -2.56. The Kier molecular flexibility index (Phi) is 4.98. The normalized spacial score (nSPS) is 30.6. The van der Waals surface area contributed by atoms with E-state index < -0.39 is 6.09 Å². The summed E-state index contributed by atoms with van der Waals surface area (Å²) >= 11 is 0. The molecule has 6 nitrogen and oxygen atoms in total. The zero-order chi connectivity index (χ0) is 18.9. The summed E-state index contributed by atoms with van der Waals surface area (Å²) in [6.07, 6.45) is 7.37. The average molecular weight is 372 g/mol. The van der Waals surface area contributed by atoms with Gasteiger partial charge in [0.15, 0.2) is 0 Å². The zero-order valence-corrected chi connectivity index (χ0v) is 15.8. The molecule has 27 heavy (non-hydrogen) atoms. The topological polar surface area (TPSA) is 76.7 Å². The second-order valence-corrected chi connectivity index (χ2v) is 8.71. The molecule has 4 aliphatic carbocycles. The molecule has 0 aliphatic heterocycles. The van der Waals surface area contributed by atoms with Gasteiger partial charge in [0.05, 0.1) is 7.11 Å². The van der Waals surface area contributed by atoms with Crippen molar-refractivity contribution in [1.82, 2.24) is 10.8 Å². The Morgan fingerprint density at radius 1 is 1.04 bits per heavy atom. The summed E-state index contributed by atoms with van der Waals surface area (Å²) in [5, 5.41) is 2.63. The third-order valence-corrected chi connectivity index (χ3v) is 6.55. The van der Waals surface area contributed by atoms with Crippen molar-refractivity contribution in [2.45, 2.75) is 51.5 Å². The van der Waals surface area contributed by atoms with Crippen LogP contribution >= 0.6 is 0 Å². The third kappa shape index (κ3) is 4.20. The average Bonchev–Trinajstić information content (AvgIpc) is 2.63. The van der Waals surface area contributed by atoms with Crippen LogP contribution < -0.4 is 15.5 Å². The second-order valence-electron chi connectivity index (χ2n) is 8.71. The van der Waals surface area contributed by atoms with E-state index in [0.717, 1.165) is 48.3 Å². The minimum atomic E-state index is -0.648. The lowest BCUT2D eigenvalue weighted by atomic mass is 9.49. The number of carbonyl (C=O) groups is 2. The molecule has 1 aromatic carbocycles. The number of hydrogen-bond donors (Lipinski definition) is 2. The van der Waals surface area contributed by atoms with Crippen LogP contribution in [0.3, 0.4) is 0 Å². The second kappa shape index (κ2) is 7.41. The van der Waals surface area contributed by atoms with Gasteiger partial charge in [0.2, 0.25) is 0 Å². The van der Waals surface area contributed by atoms with Crippen molar-refractivity contribution in [3.63, 3.8) is 0 Å². The van der Waals surface area contributed by atoms with Gasteiger partial charge in [0.1, 0.15) is 5.75 Å². The monoisotopic (exact) mass is 372 g/mol. The highest BCUT2D eigenvalue weighted by atomic mass is 16.7. The number of hydrogen-bond acceptors (Lipinski definition) is 4. The van der Waals surface area contributed by atoms with Gasteiger partial charge in [-0.15, -0.1) is 0 Å². The number of carbonyl (C=O) groups excluding carboxylic acids is 2. The van der Waals surface area contributed by atoms with E-state index in [-0.39, 0.29) is 11.3 Å². The third-order valence-electron chi connectivity index (χ3n) is 6.55. The number of ether oxygens (including phenoxy) is 1. The van der Waals surface area contributed by atoms with Gasteiger partial charge < -0.3 is 14.9 Å². The molecule has 146 valence electrons. The molecule has 0 heterocycles. The van der Waals surface area contributed by atoms with Crippen LogP contribution in [-0.4, -0.2) is 19.1 Å². The van der Waals surface area contributed by atoms with Crippen LogP contribution in [0.4, 0.5) is 4.79 Å². The SMILES string of the molecule is COc1ccc(CNC(=O)ONC(=O)CC23CC4CC(CC(C4)C2)C3)cc1. The first-order chi connectivity index (χ1) is 13.0. The molecule has 4 saturated carbocycles. The standard InChI is InChI=1S/C21H28N2O4/c1-26-18-4-2-14(3-5-18)13-22-20(25)27-23-19(24)12-21-9-15-6-16(10-21)8-17(7-15)11-21/h2-5,15-17H,6-13H2,1H3,(H,22,25)(H,23,24). The largest absolute Gasteiger partial charge is 0.497 e. The fourth-order valence-electron chi connectivity index (χ4n) is 5.94. The van der Waals surface area contributed by atoms with Crippen LogP contribution in [0.1, 0.15) is 50.5 Å². The van der Waals surface area contributed by atoms with Gasteiger partial charge in [-0.05, 0) is 79.4 Å². The number of amides is 2. The zero-order valence-electron chi connectivity index (χ0n) is 15.8. The van der Waals surface area contributed by atoms with Crippen molar-refractivity contribution < 1.29 is 19.2 Å². The van der Waals surface area contributed by atoms with E-state index in [1.54, 1.807) is 7.11 Å². The summed E-state index contributed by atoms with van der Waals surface area (Å²) in [6, 6.07) is 7.39. The van der Waals surface area contributed by atoms with E-state index in [1.165, 1.54) is 19.3 Å². The van der Waals surface area contributed by atoms with Crippen LogP contribution in [0.15, 0.2) is 24.3 Å². The molecular formula is C21H28N2O4. The van der Waals surface area contributed by atoms with Gasteiger partial charge in [0.25, 0.3) is 5.91 Å². The summed E-state index contributed by atoms with van der Waals surface area (Å²) in [4.78, 5) is 29.1. The molecule has 0 spiro atoms. The number of benzene rings is 1. The molecule has 2 N–H and O–H groups in total. The molecule has 4 fully saturated rings. The van der Waals surface area contributed by atoms with Crippen molar-refractivity contribution >= 4 is 12.0 Å². The summed E-state index contributed by atoms with van der Waals surface area (Å²) < 4.78 is 5.10. The van der Waals surface area contributed by atoms with E-state index in [2.05, 4.69) is 10.8 Å². The van der Waals surface area contributed by atoms with Crippen LogP contribution in [0, 0.1) is 23.2 Å². The molecule has 1 aromatic rings.